The van der Waals surface area contributed by atoms with E-state index in [0.717, 1.165) is 10.9 Å². The SMILES string of the molecule is C=C(C)C(=O)CCC=C[N+](C)(C)C. The van der Waals surface area contributed by atoms with Gasteiger partial charge in [0.25, 0.3) is 0 Å². The van der Waals surface area contributed by atoms with Gasteiger partial charge in [0.2, 0.25) is 0 Å². The van der Waals surface area contributed by atoms with E-state index in [1.165, 1.54) is 0 Å². The van der Waals surface area contributed by atoms with E-state index in [9.17, 15) is 4.79 Å². The molecule has 0 bridgehead atoms. The molecular weight excluding hydrogens is 162 g/mol. The van der Waals surface area contributed by atoms with Crippen molar-refractivity contribution in [1.82, 2.24) is 0 Å². The number of carbonyl (C=O) groups is 1. The summed E-state index contributed by atoms with van der Waals surface area (Å²) in [7, 11) is 6.24. The fourth-order valence-electron chi connectivity index (χ4n) is 0.819. The summed E-state index contributed by atoms with van der Waals surface area (Å²) in [6.45, 7) is 5.36. The van der Waals surface area contributed by atoms with Crippen molar-refractivity contribution in [3.8, 4) is 0 Å². The van der Waals surface area contributed by atoms with E-state index < -0.39 is 0 Å². The fourth-order valence-corrected chi connectivity index (χ4v) is 0.819. The van der Waals surface area contributed by atoms with Gasteiger partial charge in [0.05, 0.1) is 27.3 Å². The molecule has 13 heavy (non-hydrogen) atoms. The van der Waals surface area contributed by atoms with Crippen LogP contribution in [0.2, 0.25) is 0 Å². The number of Topliss-reactive ketones (excluding diaryl/α,β-unsaturated/α-hetero) is 1. The summed E-state index contributed by atoms with van der Waals surface area (Å²) < 4.78 is 0.793. The van der Waals surface area contributed by atoms with Gasteiger partial charge >= 0.3 is 0 Å². The van der Waals surface area contributed by atoms with Gasteiger partial charge in [-0.05, 0) is 25.0 Å². The predicted molar refractivity (Wildman–Crippen MR) is 56.2 cm³/mol. The summed E-state index contributed by atoms with van der Waals surface area (Å²) in [6, 6.07) is 0. The number of carbonyl (C=O) groups excluding carboxylic acids is 1. The van der Waals surface area contributed by atoms with Crippen LogP contribution in [0.25, 0.3) is 0 Å². The Morgan fingerprint density at radius 2 is 1.92 bits per heavy atom. The van der Waals surface area contributed by atoms with E-state index in [1.807, 2.05) is 6.08 Å². The summed E-state index contributed by atoms with van der Waals surface area (Å²) in [4.78, 5) is 11.1. The summed E-state index contributed by atoms with van der Waals surface area (Å²) in [5.41, 5.74) is 0.652. The van der Waals surface area contributed by atoms with E-state index in [1.54, 1.807) is 6.92 Å². The zero-order valence-electron chi connectivity index (χ0n) is 9.13. The largest absolute Gasteiger partial charge is 0.305 e. The third kappa shape index (κ3) is 7.47. The number of quaternary nitrogens is 1. The first-order valence-electron chi connectivity index (χ1n) is 4.50. The summed E-state index contributed by atoms with van der Waals surface area (Å²) in [5, 5.41) is 0. The van der Waals surface area contributed by atoms with E-state index >= 15 is 0 Å². The van der Waals surface area contributed by atoms with Crippen molar-refractivity contribution in [2.45, 2.75) is 19.8 Å². The van der Waals surface area contributed by atoms with Crippen molar-refractivity contribution in [2.75, 3.05) is 21.1 Å². The highest BCUT2D eigenvalue weighted by atomic mass is 16.1. The number of allylic oxidation sites excluding steroid dienone is 2. The van der Waals surface area contributed by atoms with Crippen LogP contribution >= 0.6 is 0 Å². The molecule has 0 heterocycles. The Bertz CT molecular complexity index is 221. The number of ketones is 1. The van der Waals surface area contributed by atoms with Crippen LogP contribution in [0.1, 0.15) is 19.8 Å². The Kier molecular flexibility index (Phi) is 4.63. The number of nitrogens with zero attached hydrogens (tertiary/aromatic N) is 1. The van der Waals surface area contributed by atoms with Crippen LogP contribution in [-0.4, -0.2) is 31.4 Å². The van der Waals surface area contributed by atoms with Gasteiger partial charge in [0, 0.05) is 6.42 Å². The molecular formula is C11H20NO+. The number of hydrogen-bond donors (Lipinski definition) is 0. The average Bonchev–Trinajstić information content (AvgIpc) is 1.95. The molecule has 0 amide bonds. The first-order valence-corrected chi connectivity index (χ1v) is 4.50. The lowest BCUT2D eigenvalue weighted by Crippen LogP contribution is -2.26. The van der Waals surface area contributed by atoms with Crippen molar-refractivity contribution in [3.05, 3.63) is 24.4 Å². The normalized spacial score (nSPS) is 12.0. The lowest BCUT2D eigenvalue weighted by molar-refractivity contribution is -0.817. The lowest BCUT2D eigenvalue weighted by atomic mass is 10.1. The highest BCUT2D eigenvalue weighted by molar-refractivity contribution is 5.94. The van der Waals surface area contributed by atoms with Crippen LogP contribution in [0, 0.1) is 0 Å². The van der Waals surface area contributed by atoms with E-state index in [4.69, 9.17) is 0 Å². The van der Waals surface area contributed by atoms with Crippen molar-refractivity contribution in [2.24, 2.45) is 0 Å². The molecule has 0 unspecified atom stereocenters. The molecule has 0 spiro atoms. The molecule has 0 rings (SSSR count). The summed E-state index contributed by atoms with van der Waals surface area (Å²) in [6.07, 6.45) is 5.50. The molecule has 0 atom stereocenters. The molecule has 0 fully saturated rings. The maximum atomic E-state index is 11.1. The monoisotopic (exact) mass is 182 g/mol. The van der Waals surface area contributed by atoms with Gasteiger partial charge in [0.1, 0.15) is 0 Å². The topological polar surface area (TPSA) is 17.1 Å². The van der Waals surface area contributed by atoms with Crippen molar-refractivity contribution in [1.29, 1.82) is 0 Å². The number of rotatable bonds is 5. The molecule has 0 aliphatic heterocycles. The molecule has 0 aliphatic carbocycles. The van der Waals surface area contributed by atoms with Crippen LogP contribution in [0.3, 0.4) is 0 Å². The maximum Gasteiger partial charge on any atom is 0.158 e. The minimum absolute atomic E-state index is 0.158. The average molecular weight is 182 g/mol. The van der Waals surface area contributed by atoms with Crippen molar-refractivity contribution >= 4 is 5.78 Å². The first-order chi connectivity index (χ1) is 5.83. The van der Waals surface area contributed by atoms with Crippen molar-refractivity contribution in [3.63, 3.8) is 0 Å². The van der Waals surface area contributed by atoms with E-state index in [-0.39, 0.29) is 5.78 Å². The Balaban J connectivity index is 3.75. The van der Waals surface area contributed by atoms with Crippen molar-refractivity contribution < 1.29 is 9.28 Å². The summed E-state index contributed by atoms with van der Waals surface area (Å²) in [5.74, 6) is 0.158. The molecule has 0 N–H and O–H groups in total. The zero-order chi connectivity index (χ0) is 10.5. The Labute approximate surface area is 81.1 Å². The molecule has 74 valence electrons. The molecule has 0 aromatic rings. The third-order valence-corrected chi connectivity index (χ3v) is 1.57. The van der Waals surface area contributed by atoms with Gasteiger partial charge in [-0.3, -0.25) is 4.79 Å². The second-order valence-electron chi connectivity index (χ2n) is 4.24. The standard InChI is InChI=1S/C11H20NO/c1-10(2)11(13)8-6-7-9-12(3,4)5/h7,9H,1,6,8H2,2-5H3/q+1. The quantitative estimate of drug-likeness (QED) is 0.470. The van der Waals surface area contributed by atoms with Gasteiger partial charge < -0.3 is 4.48 Å². The molecule has 0 aromatic heterocycles. The summed E-state index contributed by atoms with van der Waals surface area (Å²) >= 11 is 0. The van der Waals surface area contributed by atoms with Crippen LogP contribution < -0.4 is 0 Å². The van der Waals surface area contributed by atoms with E-state index in [0.29, 0.717) is 12.0 Å². The molecule has 0 aromatic carbocycles. The van der Waals surface area contributed by atoms with E-state index in [2.05, 4.69) is 33.9 Å². The van der Waals surface area contributed by atoms with Gasteiger partial charge in [0.15, 0.2) is 5.78 Å². The van der Waals surface area contributed by atoms with Gasteiger partial charge in [-0.15, -0.1) is 0 Å². The van der Waals surface area contributed by atoms with Gasteiger partial charge in [-0.1, -0.05) is 6.58 Å². The van der Waals surface area contributed by atoms with Crippen LogP contribution in [0.15, 0.2) is 24.4 Å². The molecule has 0 saturated heterocycles. The van der Waals surface area contributed by atoms with Crippen LogP contribution in [-0.2, 0) is 4.79 Å². The highest BCUT2D eigenvalue weighted by Gasteiger charge is 2.02. The minimum Gasteiger partial charge on any atom is -0.305 e. The fraction of sp³-hybridized carbons (Fsp3) is 0.545. The van der Waals surface area contributed by atoms with Crippen LogP contribution in [0.5, 0.6) is 0 Å². The molecule has 0 radical (unpaired) electrons. The smallest absolute Gasteiger partial charge is 0.158 e. The van der Waals surface area contributed by atoms with Gasteiger partial charge in [-0.2, -0.15) is 0 Å². The number of hydrogen-bond acceptors (Lipinski definition) is 1. The molecule has 0 saturated carbocycles. The second kappa shape index (κ2) is 4.97. The predicted octanol–water partition coefficient (Wildman–Crippen LogP) is 2.13. The lowest BCUT2D eigenvalue weighted by Gasteiger charge is -2.17. The maximum absolute atomic E-state index is 11.1. The first kappa shape index (κ1) is 12.1. The Morgan fingerprint density at radius 3 is 2.31 bits per heavy atom. The minimum atomic E-state index is 0.158. The zero-order valence-corrected chi connectivity index (χ0v) is 9.13. The molecule has 2 nitrogen and oxygen atoms in total. The molecule has 0 aliphatic rings. The Morgan fingerprint density at radius 1 is 1.38 bits per heavy atom. The molecule has 2 heteroatoms. The second-order valence-corrected chi connectivity index (χ2v) is 4.24. The third-order valence-electron chi connectivity index (χ3n) is 1.57. The highest BCUT2D eigenvalue weighted by Crippen LogP contribution is 2.01. The van der Waals surface area contributed by atoms with Crippen LogP contribution in [0.4, 0.5) is 0 Å². The van der Waals surface area contributed by atoms with Gasteiger partial charge in [-0.25, -0.2) is 0 Å². The Hall–Kier alpha value is -0.890.